The van der Waals surface area contributed by atoms with E-state index in [2.05, 4.69) is 0 Å². The molecule has 0 radical (unpaired) electrons. The first-order chi connectivity index (χ1) is 13.2. The number of piperidine rings is 1. The maximum Gasteiger partial charge on any atom is 0.253 e. The van der Waals surface area contributed by atoms with E-state index in [0.717, 1.165) is 37.1 Å². The fourth-order valence-electron chi connectivity index (χ4n) is 3.65. The highest BCUT2D eigenvalue weighted by molar-refractivity contribution is 5.95. The van der Waals surface area contributed by atoms with Gasteiger partial charge in [0, 0.05) is 25.8 Å². The molecule has 3 rings (SSSR count). The summed E-state index contributed by atoms with van der Waals surface area (Å²) in [4.78, 5) is 14.9. The summed E-state index contributed by atoms with van der Waals surface area (Å²) >= 11 is 0. The van der Waals surface area contributed by atoms with Crippen LogP contribution < -0.4 is 9.47 Å². The van der Waals surface area contributed by atoms with Crippen molar-refractivity contribution in [2.75, 3.05) is 41.0 Å². The van der Waals surface area contributed by atoms with Crippen LogP contribution in [-0.2, 0) is 4.74 Å². The number of benzene rings is 2. The fraction of sp³-hybridized carbons (Fsp3) is 0.409. The van der Waals surface area contributed by atoms with E-state index >= 15 is 0 Å². The van der Waals surface area contributed by atoms with Crippen LogP contribution in [0.15, 0.2) is 42.5 Å². The quantitative estimate of drug-likeness (QED) is 0.776. The number of amides is 1. The predicted octanol–water partition coefficient (Wildman–Crippen LogP) is 3.87. The molecule has 1 atom stereocenters. The second-order valence-corrected chi connectivity index (χ2v) is 6.87. The molecule has 0 spiro atoms. The summed E-state index contributed by atoms with van der Waals surface area (Å²) in [6.45, 7) is 2.27. The van der Waals surface area contributed by atoms with Gasteiger partial charge in [0.25, 0.3) is 5.91 Å². The van der Waals surface area contributed by atoms with E-state index in [-0.39, 0.29) is 5.91 Å². The van der Waals surface area contributed by atoms with Crippen molar-refractivity contribution in [3.8, 4) is 22.6 Å². The highest BCUT2D eigenvalue weighted by atomic mass is 16.5. The van der Waals surface area contributed by atoms with Gasteiger partial charge in [0.1, 0.15) is 0 Å². The second kappa shape index (κ2) is 8.91. The standard InChI is InChI=1S/C22H27NO4/c1-25-15-16-6-5-11-23(14-16)22(24)19-8-4-7-17(12-19)18-9-10-20(26-2)21(13-18)27-3/h4,7-10,12-13,16H,5-6,11,14-15H2,1-3H3/t16-/m1/s1. The fourth-order valence-corrected chi connectivity index (χ4v) is 3.65. The van der Waals surface area contributed by atoms with Crippen molar-refractivity contribution >= 4 is 5.91 Å². The van der Waals surface area contributed by atoms with Crippen molar-refractivity contribution in [1.29, 1.82) is 0 Å². The van der Waals surface area contributed by atoms with Gasteiger partial charge in [0.05, 0.1) is 20.8 Å². The molecule has 2 aromatic rings. The molecule has 5 heteroatoms. The molecule has 144 valence electrons. The van der Waals surface area contributed by atoms with Crippen LogP contribution in [0.25, 0.3) is 11.1 Å². The number of carbonyl (C=O) groups is 1. The minimum absolute atomic E-state index is 0.0816. The molecule has 1 aliphatic heterocycles. The monoisotopic (exact) mass is 369 g/mol. The van der Waals surface area contributed by atoms with Gasteiger partial charge in [-0.3, -0.25) is 4.79 Å². The van der Waals surface area contributed by atoms with Crippen LogP contribution in [0.5, 0.6) is 11.5 Å². The molecule has 0 bridgehead atoms. The van der Waals surface area contributed by atoms with Crippen molar-refractivity contribution in [3.63, 3.8) is 0 Å². The van der Waals surface area contributed by atoms with Gasteiger partial charge in [0.2, 0.25) is 0 Å². The number of carbonyl (C=O) groups excluding carboxylic acids is 1. The molecule has 0 aliphatic carbocycles. The van der Waals surface area contributed by atoms with Crippen molar-refractivity contribution in [1.82, 2.24) is 4.90 Å². The van der Waals surface area contributed by atoms with E-state index < -0.39 is 0 Å². The number of nitrogens with zero attached hydrogens (tertiary/aromatic N) is 1. The number of likely N-dealkylation sites (tertiary alicyclic amines) is 1. The highest BCUT2D eigenvalue weighted by Gasteiger charge is 2.24. The summed E-state index contributed by atoms with van der Waals surface area (Å²) in [5.41, 5.74) is 2.67. The zero-order chi connectivity index (χ0) is 19.2. The van der Waals surface area contributed by atoms with Crippen molar-refractivity contribution in [3.05, 3.63) is 48.0 Å². The lowest BCUT2D eigenvalue weighted by Gasteiger charge is -2.32. The third kappa shape index (κ3) is 4.42. The zero-order valence-electron chi connectivity index (χ0n) is 16.2. The predicted molar refractivity (Wildman–Crippen MR) is 105 cm³/mol. The Morgan fingerprint density at radius 3 is 2.56 bits per heavy atom. The molecule has 1 saturated heterocycles. The largest absolute Gasteiger partial charge is 0.493 e. The van der Waals surface area contributed by atoms with E-state index in [9.17, 15) is 4.79 Å². The summed E-state index contributed by atoms with van der Waals surface area (Å²) < 4.78 is 16.0. The van der Waals surface area contributed by atoms with Crippen molar-refractivity contribution < 1.29 is 19.0 Å². The minimum atomic E-state index is 0.0816. The topological polar surface area (TPSA) is 48.0 Å². The molecule has 0 N–H and O–H groups in total. The molecule has 0 unspecified atom stereocenters. The number of ether oxygens (including phenoxy) is 3. The Labute approximate surface area is 160 Å². The first-order valence-corrected chi connectivity index (χ1v) is 9.27. The first kappa shape index (κ1) is 19.2. The minimum Gasteiger partial charge on any atom is -0.493 e. The maximum absolute atomic E-state index is 13.0. The Kier molecular flexibility index (Phi) is 6.35. The van der Waals surface area contributed by atoms with Gasteiger partial charge < -0.3 is 19.1 Å². The number of hydrogen-bond donors (Lipinski definition) is 0. The molecule has 1 amide bonds. The Morgan fingerprint density at radius 1 is 1.04 bits per heavy atom. The number of rotatable bonds is 6. The van der Waals surface area contributed by atoms with Gasteiger partial charge >= 0.3 is 0 Å². The second-order valence-electron chi connectivity index (χ2n) is 6.87. The number of methoxy groups -OCH3 is 3. The zero-order valence-corrected chi connectivity index (χ0v) is 16.2. The average molecular weight is 369 g/mol. The SMILES string of the molecule is COC[C@@H]1CCCN(C(=O)c2cccc(-c3ccc(OC)c(OC)c3)c2)C1. The van der Waals surface area contributed by atoms with Crippen LogP contribution in [0, 0.1) is 5.92 Å². The van der Waals surface area contributed by atoms with E-state index in [1.54, 1.807) is 21.3 Å². The molecule has 1 heterocycles. The average Bonchev–Trinajstić information content (AvgIpc) is 2.73. The van der Waals surface area contributed by atoms with Crippen LogP contribution in [0.4, 0.5) is 0 Å². The molecular formula is C22H27NO4. The Hall–Kier alpha value is -2.53. The maximum atomic E-state index is 13.0. The van der Waals surface area contributed by atoms with Gasteiger partial charge in [-0.25, -0.2) is 0 Å². The van der Waals surface area contributed by atoms with E-state index in [0.29, 0.717) is 29.6 Å². The molecule has 0 saturated carbocycles. The third-order valence-corrected chi connectivity index (χ3v) is 5.03. The summed E-state index contributed by atoms with van der Waals surface area (Å²) in [6, 6.07) is 13.5. The van der Waals surface area contributed by atoms with Crippen LogP contribution in [0.3, 0.4) is 0 Å². The number of hydrogen-bond acceptors (Lipinski definition) is 4. The molecule has 0 aromatic heterocycles. The molecule has 1 fully saturated rings. The van der Waals surface area contributed by atoms with Crippen molar-refractivity contribution in [2.45, 2.75) is 12.8 Å². The van der Waals surface area contributed by atoms with Gasteiger partial charge in [-0.2, -0.15) is 0 Å². The summed E-state index contributed by atoms with van der Waals surface area (Å²) in [5, 5.41) is 0. The van der Waals surface area contributed by atoms with E-state index in [4.69, 9.17) is 14.2 Å². The van der Waals surface area contributed by atoms with Gasteiger partial charge in [-0.05, 0) is 54.2 Å². The lowest BCUT2D eigenvalue weighted by Crippen LogP contribution is -2.41. The smallest absolute Gasteiger partial charge is 0.253 e. The van der Waals surface area contributed by atoms with Crippen molar-refractivity contribution in [2.24, 2.45) is 5.92 Å². The summed E-state index contributed by atoms with van der Waals surface area (Å²) in [6.07, 6.45) is 2.14. The van der Waals surface area contributed by atoms with Crippen LogP contribution in [0.1, 0.15) is 23.2 Å². The molecular weight excluding hydrogens is 342 g/mol. The van der Waals surface area contributed by atoms with Crippen LogP contribution in [-0.4, -0.2) is 51.8 Å². The van der Waals surface area contributed by atoms with Gasteiger partial charge in [0.15, 0.2) is 11.5 Å². The Balaban J connectivity index is 1.82. The van der Waals surface area contributed by atoms with E-state index in [1.807, 2.05) is 47.4 Å². The van der Waals surface area contributed by atoms with Gasteiger partial charge in [-0.15, -0.1) is 0 Å². The Bertz CT molecular complexity index is 788. The van der Waals surface area contributed by atoms with Gasteiger partial charge in [-0.1, -0.05) is 18.2 Å². The highest BCUT2D eigenvalue weighted by Crippen LogP contribution is 2.32. The molecule has 27 heavy (non-hydrogen) atoms. The summed E-state index contributed by atoms with van der Waals surface area (Å²) in [7, 11) is 4.95. The molecule has 1 aliphatic rings. The van der Waals surface area contributed by atoms with E-state index in [1.165, 1.54) is 0 Å². The third-order valence-electron chi connectivity index (χ3n) is 5.03. The summed E-state index contributed by atoms with van der Waals surface area (Å²) in [5.74, 6) is 1.86. The normalized spacial score (nSPS) is 16.9. The molecule has 2 aromatic carbocycles. The van der Waals surface area contributed by atoms with Crippen LogP contribution >= 0.6 is 0 Å². The first-order valence-electron chi connectivity index (χ1n) is 9.27. The Morgan fingerprint density at radius 2 is 1.81 bits per heavy atom. The molecule has 5 nitrogen and oxygen atoms in total. The lowest BCUT2D eigenvalue weighted by molar-refractivity contribution is 0.0571. The van der Waals surface area contributed by atoms with Crippen LogP contribution in [0.2, 0.25) is 0 Å². The lowest BCUT2D eigenvalue weighted by atomic mass is 9.97.